The minimum absolute atomic E-state index is 0.0953. The highest BCUT2D eigenvalue weighted by Crippen LogP contribution is 2.50. The third-order valence-electron chi connectivity index (χ3n) is 7.32. The van der Waals surface area contributed by atoms with E-state index in [1.807, 2.05) is 6.08 Å². The van der Waals surface area contributed by atoms with Gasteiger partial charge in [0.2, 0.25) is 0 Å². The van der Waals surface area contributed by atoms with Gasteiger partial charge in [0, 0.05) is 17.2 Å². The van der Waals surface area contributed by atoms with E-state index in [9.17, 15) is 34.1 Å². The Bertz CT molecular complexity index is 1750. The lowest BCUT2D eigenvalue weighted by atomic mass is 9.83. The summed E-state index contributed by atoms with van der Waals surface area (Å²) in [6.07, 6.45) is 1.83. The molecule has 14 nitrogen and oxygen atoms in total. The van der Waals surface area contributed by atoms with Crippen LogP contribution in [0.3, 0.4) is 0 Å². The van der Waals surface area contributed by atoms with Crippen molar-refractivity contribution < 1.29 is 38.3 Å². The van der Waals surface area contributed by atoms with Crippen molar-refractivity contribution in [2.45, 2.75) is 44.5 Å². The molecule has 0 saturated carbocycles. The number of ether oxygens (including phenoxy) is 1. The van der Waals surface area contributed by atoms with Crippen molar-refractivity contribution in [1.82, 2.24) is 13.9 Å². The summed E-state index contributed by atoms with van der Waals surface area (Å²) in [6, 6.07) is 9.74. The van der Waals surface area contributed by atoms with Gasteiger partial charge >= 0.3 is 19.2 Å². The SMILES string of the molecule is CC(=O)c1ccc(-n2c(=O)n3n(c2=O)C2C(=CC3)C(C)(C)Oc3cc(OP(=O)(O)OCC(N)(CO)CO)ccc32)cc1. The molecule has 2 aliphatic rings. The number of allylic oxidation sites excluding steroid dienone is 1. The Hall–Kier alpha value is -3.78. The van der Waals surface area contributed by atoms with E-state index >= 15 is 0 Å². The third kappa shape index (κ3) is 5.17. The number of fused-ring (bicyclic) bond motifs is 5. The number of carbonyl (C=O) groups excluding carboxylic acids is 1. The van der Waals surface area contributed by atoms with Crippen LogP contribution in [0.15, 0.2) is 63.7 Å². The van der Waals surface area contributed by atoms with Gasteiger partial charge in [0.05, 0.1) is 37.6 Å². The van der Waals surface area contributed by atoms with E-state index in [4.69, 9.17) is 19.5 Å². The Morgan fingerprint density at radius 2 is 1.81 bits per heavy atom. The van der Waals surface area contributed by atoms with Gasteiger partial charge in [-0.3, -0.25) is 14.2 Å². The van der Waals surface area contributed by atoms with Crippen LogP contribution in [0.2, 0.25) is 0 Å². The molecule has 0 saturated heterocycles. The van der Waals surface area contributed by atoms with Crippen LogP contribution in [0, 0.1) is 0 Å². The number of nitrogens with two attached hydrogens (primary N) is 1. The highest BCUT2D eigenvalue weighted by atomic mass is 31.2. The fourth-order valence-electron chi connectivity index (χ4n) is 5.01. The first kappa shape index (κ1) is 29.7. The number of carbonyl (C=O) groups is 1. The van der Waals surface area contributed by atoms with Crippen LogP contribution in [0.5, 0.6) is 11.5 Å². The smallest absolute Gasteiger partial charge is 0.483 e. The number of Topliss-reactive ketones (excluding diaryl/α,β-unsaturated/α-hetero) is 1. The Kier molecular flexibility index (Phi) is 7.42. The van der Waals surface area contributed by atoms with Crippen molar-refractivity contribution in [1.29, 1.82) is 0 Å². The molecule has 5 N–H and O–H groups in total. The Balaban J connectivity index is 1.53. The maximum absolute atomic E-state index is 13.8. The fraction of sp³-hybridized carbons (Fsp3) is 0.370. The van der Waals surface area contributed by atoms with E-state index in [0.29, 0.717) is 16.8 Å². The second-order valence-electron chi connectivity index (χ2n) is 10.8. The minimum Gasteiger partial charge on any atom is -0.483 e. The van der Waals surface area contributed by atoms with Gasteiger partial charge in [0.1, 0.15) is 23.1 Å². The van der Waals surface area contributed by atoms with Crippen molar-refractivity contribution in [2.24, 2.45) is 5.73 Å². The predicted octanol–water partition coefficient (Wildman–Crippen LogP) is 0.882. The largest absolute Gasteiger partial charge is 0.527 e. The summed E-state index contributed by atoms with van der Waals surface area (Å²) in [5.41, 5.74) is 3.94. The van der Waals surface area contributed by atoms with Gasteiger partial charge in [0.15, 0.2) is 5.78 Å². The molecule has 3 heterocycles. The second-order valence-corrected chi connectivity index (χ2v) is 12.2. The molecule has 2 atom stereocenters. The fourth-order valence-corrected chi connectivity index (χ4v) is 5.86. The van der Waals surface area contributed by atoms with Crippen LogP contribution in [0.1, 0.15) is 42.7 Å². The van der Waals surface area contributed by atoms with Crippen LogP contribution in [-0.2, 0) is 15.6 Å². The van der Waals surface area contributed by atoms with Crippen LogP contribution in [0.25, 0.3) is 5.69 Å². The summed E-state index contributed by atoms with van der Waals surface area (Å²) in [5, 5.41) is 18.6. The molecule has 224 valence electrons. The molecule has 0 aliphatic carbocycles. The lowest BCUT2D eigenvalue weighted by Gasteiger charge is -2.42. The van der Waals surface area contributed by atoms with Gasteiger partial charge in [-0.25, -0.2) is 28.1 Å². The lowest BCUT2D eigenvalue weighted by molar-refractivity contribution is 0.0660. The molecule has 0 bridgehead atoms. The van der Waals surface area contributed by atoms with E-state index < -0.39 is 56.2 Å². The van der Waals surface area contributed by atoms with Gasteiger partial charge < -0.3 is 25.2 Å². The Morgan fingerprint density at radius 3 is 2.43 bits per heavy atom. The average Bonchev–Trinajstić information content (AvgIpc) is 3.20. The number of aliphatic hydroxyl groups is 2. The van der Waals surface area contributed by atoms with E-state index in [1.54, 1.807) is 32.0 Å². The molecule has 3 aromatic rings. The van der Waals surface area contributed by atoms with Crippen LogP contribution in [-0.4, -0.2) is 65.8 Å². The molecule has 0 amide bonds. The summed E-state index contributed by atoms with van der Waals surface area (Å²) < 4.78 is 32.6. The summed E-state index contributed by atoms with van der Waals surface area (Å²) in [6.45, 7) is 3.08. The van der Waals surface area contributed by atoms with Gasteiger partial charge in [-0.1, -0.05) is 6.08 Å². The second kappa shape index (κ2) is 10.5. The molecule has 0 radical (unpaired) electrons. The monoisotopic (exact) mass is 602 g/mol. The first-order chi connectivity index (χ1) is 19.7. The summed E-state index contributed by atoms with van der Waals surface area (Å²) in [4.78, 5) is 49.1. The lowest BCUT2D eigenvalue weighted by Crippen LogP contribution is -2.51. The van der Waals surface area contributed by atoms with Gasteiger partial charge in [-0.2, -0.15) is 0 Å². The molecule has 0 spiro atoms. The molecule has 5 rings (SSSR count). The van der Waals surface area contributed by atoms with Crippen molar-refractivity contribution in [2.75, 3.05) is 19.8 Å². The average molecular weight is 603 g/mol. The first-order valence-corrected chi connectivity index (χ1v) is 14.5. The first-order valence-electron chi connectivity index (χ1n) is 13.0. The summed E-state index contributed by atoms with van der Waals surface area (Å²) in [5.74, 6) is -0.000961. The molecular weight excluding hydrogens is 571 g/mol. The number of aromatic nitrogens is 3. The standard InChI is InChI=1S/C27H31N4O10P/c1-16(34)17-4-6-18(7-5-17)30-24(35)29-11-10-21-23(31(29)25(30)36)20-9-8-19(12-22(20)40-26(21,2)3)41-42(37,38)39-15-27(28,13-32)14-33/h4-10,12,23,32-33H,11,13-15,28H2,1-3H3,(H,37,38). The molecule has 15 heteroatoms. The highest BCUT2D eigenvalue weighted by molar-refractivity contribution is 7.47. The van der Waals surface area contributed by atoms with Gasteiger partial charge in [0.25, 0.3) is 0 Å². The van der Waals surface area contributed by atoms with Crippen LogP contribution in [0.4, 0.5) is 0 Å². The third-order valence-corrected chi connectivity index (χ3v) is 8.22. The highest BCUT2D eigenvalue weighted by Gasteiger charge is 2.44. The topological polar surface area (TPSA) is 197 Å². The van der Waals surface area contributed by atoms with E-state index in [-0.39, 0.29) is 23.8 Å². The minimum atomic E-state index is -4.74. The Morgan fingerprint density at radius 1 is 1.14 bits per heavy atom. The summed E-state index contributed by atoms with van der Waals surface area (Å²) >= 11 is 0. The molecule has 2 unspecified atom stereocenters. The number of phosphoric ester groups is 1. The maximum Gasteiger partial charge on any atom is 0.527 e. The van der Waals surface area contributed by atoms with Crippen LogP contribution < -0.4 is 26.4 Å². The quantitative estimate of drug-likeness (QED) is 0.154. The molecule has 1 aromatic heterocycles. The molecular formula is C27H31N4O10P. The number of hydrogen-bond donors (Lipinski definition) is 4. The van der Waals surface area contributed by atoms with Crippen molar-refractivity contribution in [3.8, 4) is 17.2 Å². The Labute approximate surface area is 239 Å². The number of aliphatic hydroxyl groups excluding tert-OH is 2. The van der Waals surface area contributed by atoms with E-state index in [2.05, 4.69) is 0 Å². The molecule has 2 aliphatic heterocycles. The predicted molar refractivity (Wildman–Crippen MR) is 149 cm³/mol. The number of rotatable bonds is 9. The molecule has 42 heavy (non-hydrogen) atoms. The van der Waals surface area contributed by atoms with Gasteiger partial charge in [-0.15, -0.1) is 0 Å². The van der Waals surface area contributed by atoms with E-state index in [0.717, 1.165) is 10.1 Å². The number of benzene rings is 2. The number of ketones is 1. The molecule has 0 fully saturated rings. The number of phosphoric acid groups is 1. The number of hydrogen-bond acceptors (Lipinski definition) is 10. The zero-order valence-electron chi connectivity index (χ0n) is 23.1. The normalized spacial score (nSPS) is 18.5. The van der Waals surface area contributed by atoms with Crippen molar-refractivity contribution in [3.05, 3.63) is 86.2 Å². The number of nitrogens with zero attached hydrogens (tertiary/aromatic N) is 3. The zero-order chi connectivity index (χ0) is 30.6. The van der Waals surface area contributed by atoms with Crippen molar-refractivity contribution in [3.63, 3.8) is 0 Å². The van der Waals surface area contributed by atoms with E-state index in [1.165, 1.54) is 40.6 Å². The zero-order valence-corrected chi connectivity index (χ0v) is 24.0. The molecule has 2 aromatic carbocycles. The summed E-state index contributed by atoms with van der Waals surface area (Å²) in [7, 11) is -4.74. The van der Waals surface area contributed by atoms with Crippen LogP contribution >= 0.6 is 7.82 Å². The van der Waals surface area contributed by atoms with Crippen molar-refractivity contribution >= 4 is 13.6 Å². The van der Waals surface area contributed by atoms with Gasteiger partial charge in [-0.05, 0) is 62.7 Å². The maximum atomic E-state index is 13.8.